The molecule has 0 saturated heterocycles. The van der Waals surface area contributed by atoms with Crippen molar-refractivity contribution in [1.29, 1.82) is 0 Å². The highest BCUT2D eigenvalue weighted by Crippen LogP contribution is 2.27. The van der Waals surface area contributed by atoms with Crippen molar-refractivity contribution < 1.29 is 19.1 Å². The Hall–Kier alpha value is -3.54. The number of carboxylic acids is 1. The van der Waals surface area contributed by atoms with E-state index in [1.54, 1.807) is 12.1 Å². The Kier molecular flexibility index (Phi) is 9.95. The highest BCUT2D eigenvalue weighted by Gasteiger charge is 2.20. The van der Waals surface area contributed by atoms with Gasteiger partial charge in [0.15, 0.2) is 0 Å². The Balaban J connectivity index is 1.96. The molecule has 0 bridgehead atoms. The van der Waals surface area contributed by atoms with Crippen LogP contribution in [0, 0.1) is 18.7 Å². The monoisotopic (exact) mass is 504 g/mol. The maximum atomic E-state index is 13.5. The molecule has 0 aliphatic carbocycles. The quantitative estimate of drug-likeness (QED) is 0.287. The van der Waals surface area contributed by atoms with Gasteiger partial charge in [-0.2, -0.15) is 0 Å². The number of aromatic nitrogens is 1. The van der Waals surface area contributed by atoms with E-state index in [1.807, 2.05) is 50.2 Å². The number of Topliss-reactive ketones (excluding diaryl/α,β-unsaturated/α-hetero) is 1. The molecule has 1 heterocycles. The lowest BCUT2D eigenvalue weighted by Gasteiger charge is -2.28. The van der Waals surface area contributed by atoms with Gasteiger partial charge in [-0.05, 0) is 60.2 Å². The molecule has 1 N–H and O–H groups in total. The highest BCUT2D eigenvalue weighted by molar-refractivity contribution is 5.83. The van der Waals surface area contributed by atoms with E-state index in [0.29, 0.717) is 43.4 Å². The number of anilines is 1. The van der Waals surface area contributed by atoms with Gasteiger partial charge in [-0.25, -0.2) is 9.37 Å². The second kappa shape index (κ2) is 13.1. The molecule has 0 spiro atoms. The molecule has 2 aromatic carbocycles. The molecule has 0 saturated carbocycles. The van der Waals surface area contributed by atoms with Crippen LogP contribution in [0.15, 0.2) is 60.7 Å². The van der Waals surface area contributed by atoms with Gasteiger partial charge in [0.1, 0.15) is 17.4 Å². The molecule has 196 valence electrons. The minimum Gasteiger partial charge on any atom is -0.481 e. The SMILES string of the molecule is CCC(CC(=O)O)c1cc(CC(=O)Cc2ccc(C)cc2)cc(N(Cc2ccc(F)cc2)CC(C)C)n1. The smallest absolute Gasteiger partial charge is 0.304 e. The van der Waals surface area contributed by atoms with Crippen LogP contribution in [-0.4, -0.2) is 28.4 Å². The van der Waals surface area contributed by atoms with E-state index < -0.39 is 5.97 Å². The summed E-state index contributed by atoms with van der Waals surface area (Å²) in [7, 11) is 0. The lowest BCUT2D eigenvalue weighted by Crippen LogP contribution is -2.28. The normalized spacial score (nSPS) is 11.9. The predicted octanol–water partition coefficient (Wildman–Crippen LogP) is 6.51. The maximum absolute atomic E-state index is 13.5. The first-order valence-corrected chi connectivity index (χ1v) is 12.9. The molecular formula is C31H37FN2O3. The lowest BCUT2D eigenvalue weighted by molar-refractivity contribution is -0.137. The van der Waals surface area contributed by atoms with Gasteiger partial charge < -0.3 is 10.0 Å². The van der Waals surface area contributed by atoms with E-state index >= 15 is 0 Å². The minimum absolute atomic E-state index is 0.0220. The van der Waals surface area contributed by atoms with Crippen LogP contribution in [0.4, 0.5) is 10.2 Å². The fourth-order valence-electron chi connectivity index (χ4n) is 4.45. The molecule has 1 unspecified atom stereocenters. The third-order valence-electron chi connectivity index (χ3n) is 6.34. The minimum atomic E-state index is -0.874. The van der Waals surface area contributed by atoms with Gasteiger partial charge in [-0.3, -0.25) is 9.59 Å². The molecule has 0 amide bonds. The summed E-state index contributed by atoms with van der Waals surface area (Å²) in [4.78, 5) is 31.6. The zero-order valence-corrected chi connectivity index (χ0v) is 22.2. The number of carbonyl (C=O) groups is 2. The van der Waals surface area contributed by atoms with Crippen molar-refractivity contribution in [3.05, 3.63) is 94.4 Å². The first-order chi connectivity index (χ1) is 17.6. The molecule has 6 heteroatoms. The number of aliphatic carboxylic acids is 1. The number of pyridine rings is 1. The summed E-state index contributed by atoms with van der Waals surface area (Å²) in [6.07, 6.45) is 1.18. The Morgan fingerprint density at radius 2 is 1.57 bits per heavy atom. The fraction of sp³-hybridized carbons (Fsp3) is 0.387. The van der Waals surface area contributed by atoms with Crippen molar-refractivity contribution >= 4 is 17.6 Å². The van der Waals surface area contributed by atoms with Crippen LogP contribution >= 0.6 is 0 Å². The molecule has 37 heavy (non-hydrogen) atoms. The van der Waals surface area contributed by atoms with E-state index in [4.69, 9.17) is 4.98 Å². The summed E-state index contributed by atoms with van der Waals surface area (Å²) < 4.78 is 13.5. The van der Waals surface area contributed by atoms with Crippen molar-refractivity contribution in [2.24, 2.45) is 5.92 Å². The van der Waals surface area contributed by atoms with Gasteiger partial charge >= 0.3 is 5.97 Å². The van der Waals surface area contributed by atoms with E-state index in [0.717, 1.165) is 22.3 Å². The van der Waals surface area contributed by atoms with E-state index in [2.05, 4.69) is 18.7 Å². The predicted molar refractivity (Wildman–Crippen MR) is 145 cm³/mol. The highest BCUT2D eigenvalue weighted by atomic mass is 19.1. The molecule has 1 atom stereocenters. The number of hydrogen-bond acceptors (Lipinski definition) is 4. The fourth-order valence-corrected chi connectivity index (χ4v) is 4.45. The average Bonchev–Trinajstić information content (AvgIpc) is 2.84. The zero-order chi connectivity index (χ0) is 26.9. The molecule has 3 aromatic rings. The first-order valence-electron chi connectivity index (χ1n) is 12.9. The average molecular weight is 505 g/mol. The van der Waals surface area contributed by atoms with Crippen LogP contribution in [0.25, 0.3) is 0 Å². The number of ketones is 1. The molecule has 0 aliphatic rings. The molecular weight excluding hydrogens is 467 g/mol. The number of benzene rings is 2. The second-order valence-corrected chi connectivity index (χ2v) is 10.2. The topological polar surface area (TPSA) is 70.5 Å². The molecule has 0 radical (unpaired) electrons. The number of carboxylic acid groups (broad SMARTS) is 1. The van der Waals surface area contributed by atoms with Gasteiger partial charge in [0.05, 0.1) is 6.42 Å². The molecule has 3 rings (SSSR count). The Morgan fingerprint density at radius 1 is 0.946 bits per heavy atom. The third-order valence-corrected chi connectivity index (χ3v) is 6.34. The summed E-state index contributed by atoms with van der Waals surface area (Å²) in [5, 5.41) is 9.47. The van der Waals surface area contributed by atoms with Crippen molar-refractivity contribution in [2.75, 3.05) is 11.4 Å². The second-order valence-electron chi connectivity index (χ2n) is 10.2. The molecule has 5 nitrogen and oxygen atoms in total. The standard InChI is InChI=1S/C31H37FN2O3/c1-5-26(18-31(36)37)29-16-25(15-28(35)14-23-8-6-22(4)7-9-23)17-30(33-29)34(19-21(2)3)20-24-10-12-27(32)13-11-24/h6-13,16-17,21,26H,5,14-15,18-20H2,1-4H3,(H,36,37). The van der Waals surface area contributed by atoms with Crippen molar-refractivity contribution in [1.82, 2.24) is 4.98 Å². The summed E-state index contributed by atoms with van der Waals surface area (Å²) in [5.74, 6) is -0.284. The van der Waals surface area contributed by atoms with Crippen molar-refractivity contribution in [3.8, 4) is 0 Å². The van der Waals surface area contributed by atoms with Crippen LogP contribution in [0.3, 0.4) is 0 Å². The summed E-state index contributed by atoms with van der Waals surface area (Å²) >= 11 is 0. The summed E-state index contributed by atoms with van der Waals surface area (Å²) in [6.45, 7) is 9.44. The summed E-state index contributed by atoms with van der Waals surface area (Å²) in [5.41, 5.74) is 4.58. The third kappa shape index (κ3) is 8.81. The van der Waals surface area contributed by atoms with Crippen molar-refractivity contribution in [2.45, 2.75) is 65.8 Å². The lowest BCUT2D eigenvalue weighted by atomic mass is 9.95. The zero-order valence-electron chi connectivity index (χ0n) is 22.2. The van der Waals surface area contributed by atoms with Crippen LogP contribution in [0.1, 0.15) is 67.5 Å². The number of nitrogens with zero attached hydrogens (tertiary/aromatic N) is 2. The number of hydrogen-bond donors (Lipinski definition) is 1. The largest absolute Gasteiger partial charge is 0.481 e. The van der Waals surface area contributed by atoms with Gasteiger partial charge in [0.2, 0.25) is 0 Å². The molecule has 0 fully saturated rings. The molecule has 1 aromatic heterocycles. The van der Waals surface area contributed by atoms with Crippen LogP contribution in [-0.2, 0) is 29.0 Å². The Labute approximate surface area is 219 Å². The van der Waals surface area contributed by atoms with Gasteiger partial charge in [-0.15, -0.1) is 0 Å². The van der Waals surface area contributed by atoms with E-state index in [-0.39, 0.29) is 30.4 Å². The number of aryl methyl sites for hydroxylation is 1. The summed E-state index contributed by atoms with van der Waals surface area (Å²) in [6, 6.07) is 18.2. The van der Waals surface area contributed by atoms with E-state index in [1.165, 1.54) is 12.1 Å². The van der Waals surface area contributed by atoms with E-state index in [9.17, 15) is 19.1 Å². The Bertz CT molecular complexity index is 1190. The molecule has 0 aliphatic heterocycles. The number of carbonyl (C=O) groups excluding carboxylic acids is 1. The van der Waals surface area contributed by atoms with Gasteiger partial charge in [0, 0.05) is 37.5 Å². The Morgan fingerprint density at radius 3 is 2.16 bits per heavy atom. The van der Waals surface area contributed by atoms with Gasteiger partial charge in [0.25, 0.3) is 0 Å². The van der Waals surface area contributed by atoms with Crippen LogP contribution < -0.4 is 4.90 Å². The number of halogens is 1. The van der Waals surface area contributed by atoms with Crippen molar-refractivity contribution in [3.63, 3.8) is 0 Å². The number of rotatable bonds is 13. The van der Waals surface area contributed by atoms with Gasteiger partial charge in [-0.1, -0.05) is 62.7 Å². The van der Waals surface area contributed by atoms with Crippen LogP contribution in [0.5, 0.6) is 0 Å². The maximum Gasteiger partial charge on any atom is 0.304 e. The van der Waals surface area contributed by atoms with Crippen LogP contribution in [0.2, 0.25) is 0 Å². The first kappa shape index (κ1) is 28.0.